The highest BCUT2D eigenvalue weighted by Gasteiger charge is 2.26. The van der Waals surface area contributed by atoms with Gasteiger partial charge in [0.15, 0.2) is 5.96 Å². The average Bonchev–Trinajstić information content (AvgIpc) is 2.92. The minimum atomic E-state index is -1.12. The van der Waals surface area contributed by atoms with Gasteiger partial charge in [0.25, 0.3) is 0 Å². The van der Waals surface area contributed by atoms with Gasteiger partial charge in [-0.2, -0.15) is 11.8 Å². The quantitative estimate of drug-likeness (QED) is 0.281. The molecule has 3 N–H and O–H groups in total. The van der Waals surface area contributed by atoms with Crippen molar-refractivity contribution in [2.45, 2.75) is 26.4 Å². The van der Waals surface area contributed by atoms with Crippen molar-refractivity contribution in [3.05, 3.63) is 36.3 Å². The summed E-state index contributed by atoms with van der Waals surface area (Å²) < 4.78 is 5.49. The van der Waals surface area contributed by atoms with Gasteiger partial charge in [0.05, 0.1) is 6.54 Å². The largest absolute Gasteiger partial charge is 0.463 e. The van der Waals surface area contributed by atoms with Crippen LogP contribution in [0.4, 0.5) is 0 Å². The van der Waals surface area contributed by atoms with Crippen LogP contribution in [0.15, 0.2) is 34.2 Å². The zero-order valence-corrected chi connectivity index (χ0v) is 14.5. The number of rotatable bonds is 9. The van der Waals surface area contributed by atoms with Gasteiger partial charge in [-0.15, -0.1) is 6.58 Å². The number of aliphatic hydroxyl groups is 1. The molecule has 0 fully saturated rings. The fourth-order valence-electron chi connectivity index (χ4n) is 1.78. The van der Waals surface area contributed by atoms with Gasteiger partial charge in [-0.05, 0) is 32.9 Å². The van der Waals surface area contributed by atoms with Crippen molar-refractivity contribution in [2.75, 3.05) is 31.1 Å². The van der Waals surface area contributed by atoms with Gasteiger partial charge in [0.1, 0.15) is 17.1 Å². The van der Waals surface area contributed by atoms with Crippen LogP contribution in [-0.2, 0) is 5.60 Å². The van der Waals surface area contributed by atoms with Gasteiger partial charge in [0.2, 0.25) is 0 Å². The van der Waals surface area contributed by atoms with Gasteiger partial charge in [0, 0.05) is 24.6 Å². The molecule has 0 bridgehead atoms. The molecule has 22 heavy (non-hydrogen) atoms. The first-order valence-electron chi connectivity index (χ1n) is 7.49. The number of aliphatic imine (C=N–C) groups is 1. The van der Waals surface area contributed by atoms with E-state index in [0.29, 0.717) is 11.7 Å². The van der Waals surface area contributed by atoms with E-state index in [4.69, 9.17) is 4.42 Å². The molecule has 0 aliphatic heterocycles. The van der Waals surface area contributed by atoms with Crippen molar-refractivity contribution in [1.29, 1.82) is 0 Å². The number of furan rings is 1. The van der Waals surface area contributed by atoms with Crippen molar-refractivity contribution < 1.29 is 9.52 Å². The van der Waals surface area contributed by atoms with Gasteiger partial charge < -0.3 is 20.2 Å². The molecule has 0 amide bonds. The topological polar surface area (TPSA) is 69.8 Å². The molecule has 1 aromatic rings. The molecule has 5 nitrogen and oxygen atoms in total. The number of nitrogens with zero attached hydrogens (tertiary/aromatic N) is 1. The second-order valence-electron chi connectivity index (χ2n) is 5.17. The number of hydrogen-bond acceptors (Lipinski definition) is 4. The standard InChI is InChI=1S/C16H27N3O2S/c1-5-10-22-11-9-18-15(17-6-2)19-12-16(4,20)14-8-7-13(3)21-14/h5,7-8,20H,1,6,9-12H2,2-4H3,(H2,17,18,19). The van der Waals surface area contributed by atoms with Crippen LogP contribution in [0.5, 0.6) is 0 Å². The summed E-state index contributed by atoms with van der Waals surface area (Å²) in [4.78, 5) is 4.44. The Bertz CT molecular complexity index is 483. The third kappa shape index (κ3) is 6.58. The minimum absolute atomic E-state index is 0.231. The van der Waals surface area contributed by atoms with E-state index in [2.05, 4.69) is 22.2 Å². The molecule has 0 spiro atoms. The molecule has 0 aromatic carbocycles. The fourth-order valence-corrected chi connectivity index (χ4v) is 2.36. The van der Waals surface area contributed by atoms with Crippen molar-refractivity contribution in [3.63, 3.8) is 0 Å². The molecular formula is C16H27N3O2S. The van der Waals surface area contributed by atoms with Crippen LogP contribution in [0.25, 0.3) is 0 Å². The smallest absolute Gasteiger partial charge is 0.191 e. The molecular weight excluding hydrogens is 298 g/mol. The highest BCUT2D eigenvalue weighted by molar-refractivity contribution is 7.99. The zero-order valence-electron chi connectivity index (χ0n) is 13.7. The lowest BCUT2D eigenvalue weighted by Gasteiger charge is -2.19. The first kappa shape index (κ1) is 18.6. The molecule has 0 radical (unpaired) electrons. The summed E-state index contributed by atoms with van der Waals surface area (Å²) in [6, 6.07) is 3.63. The molecule has 0 aliphatic carbocycles. The Balaban J connectivity index is 2.54. The highest BCUT2D eigenvalue weighted by Crippen LogP contribution is 2.22. The summed E-state index contributed by atoms with van der Waals surface area (Å²) in [5.41, 5.74) is -1.12. The van der Waals surface area contributed by atoms with Gasteiger partial charge in [-0.25, -0.2) is 4.99 Å². The van der Waals surface area contributed by atoms with Crippen LogP contribution in [0.1, 0.15) is 25.4 Å². The predicted molar refractivity (Wildman–Crippen MR) is 94.5 cm³/mol. The van der Waals surface area contributed by atoms with Crippen LogP contribution in [0.3, 0.4) is 0 Å². The van der Waals surface area contributed by atoms with E-state index in [1.54, 1.807) is 13.0 Å². The highest BCUT2D eigenvalue weighted by atomic mass is 32.2. The summed E-state index contributed by atoms with van der Waals surface area (Å²) in [5, 5.41) is 16.9. The predicted octanol–water partition coefficient (Wildman–Crippen LogP) is 2.27. The first-order valence-corrected chi connectivity index (χ1v) is 8.65. The minimum Gasteiger partial charge on any atom is -0.463 e. The van der Waals surface area contributed by atoms with Crippen LogP contribution in [0, 0.1) is 6.92 Å². The summed E-state index contributed by atoms with van der Waals surface area (Å²) in [6.45, 7) is 11.1. The molecule has 0 saturated heterocycles. The summed E-state index contributed by atoms with van der Waals surface area (Å²) in [7, 11) is 0. The number of guanidine groups is 1. The third-order valence-corrected chi connectivity index (χ3v) is 3.90. The molecule has 124 valence electrons. The normalized spacial score (nSPS) is 14.5. The first-order chi connectivity index (χ1) is 10.5. The Labute approximate surface area is 137 Å². The molecule has 6 heteroatoms. The van der Waals surface area contributed by atoms with Crippen LogP contribution in [0.2, 0.25) is 0 Å². The van der Waals surface area contributed by atoms with Crippen molar-refractivity contribution >= 4 is 17.7 Å². The number of nitrogens with one attached hydrogen (secondary N) is 2. The lowest BCUT2D eigenvalue weighted by Crippen LogP contribution is -2.39. The SMILES string of the molecule is C=CCSCCNC(=NCC(C)(O)c1ccc(C)o1)NCC. The summed E-state index contributed by atoms with van der Waals surface area (Å²) in [6.07, 6.45) is 1.90. The van der Waals surface area contributed by atoms with Crippen molar-refractivity contribution in [3.8, 4) is 0 Å². The van der Waals surface area contributed by atoms with E-state index in [1.807, 2.05) is 37.8 Å². The molecule has 1 aromatic heterocycles. The lowest BCUT2D eigenvalue weighted by molar-refractivity contribution is 0.0428. The van der Waals surface area contributed by atoms with Crippen LogP contribution >= 0.6 is 11.8 Å². The Morgan fingerprint density at radius 2 is 2.27 bits per heavy atom. The lowest BCUT2D eigenvalue weighted by atomic mass is 10.0. The maximum atomic E-state index is 10.5. The average molecular weight is 325 g/mol. The molecule has 1 rings (SSSR count). The van der Waals surface area contributed by atoms with Gasteiger partial charge in [-0.3, -0.25) is 0 Å². The number of thioether (sulfide) groups is 1. The van der Waals surface area contributed by atoms with E-state index in [-0.39, 0.29) is 6.54 Å². The van der Waals surface area contributed by atoms with E-state index in [0.717, 1.165) is 30.4 Å². The summed E-state index contributed by atoms with van der Waals surface area (Å²) >= 11 is 1.81. The van der Waals surface area contributed by atoms with Crippen LogP contribution < -0.4 is 10.6 Å². The second kappa shape index (κ2) is 9.58. The fraction of sp³-hybridized carbons (Fsp3) is 0.562. The van der Waals surface area contributed by atoms with E-state index >= 15 is 0 Å². The van der Waals surface area contributed by atoms with Crippen molar-refractivity contribution in [2.24, 2.45) is 4.99 Å². The molecule has 1 atom stereocenters. The summed E-state index contributed by atoms with van der Waals surface area (Å²) in [5.74, 6) is 3.94. The maximum Gasteiger partial charge on any atom is 0.191 e. The monoisotopic (exact) mass is 325 g/mol. The molecule has 0 aliphatic rings. The van der Waals surface area contributed by atoms with Gasteiger partial charge in [-0.1, -0.05) is 6.08 Å². The second-order valence-corrected chi connectivity index (χ2v) is 6.32. The Kier molecular flexibility index (Phi) is 8.12. The van der Waals surface area contributed by atoms with Crippen molar-refractivity contribution in [1.82, 2.24) is 10.6 Å². The third-order valence-electron chi connectivity index (χ3n) is 2.94. The molecule has 1 unspecified atom stereocenters. The molecule has 1 heterocycles. The van der Waals surface area contributed by atoms with E-state index < -0.39 is 5.60 Å². The van der Waals surface area contributed by atoms with E-state index in [1.165, 1.54) is 0 Å². The molecule has 0 saturated carbocycles. The van der Waals surface area contributed by atoms with Crippen LogP contribution in [-0.4, -0.2) is 42.2 Å². The van der Waals surface area contributed by atoms with E-state index in [9.17, 15) is 5.11 Å². The number of hydrogen-bond donors (Lipinski definition) is 3. The Morgan fingerprint density at radius 1 is 1.50 bits per heavy atom. The zero-order chi connectivity index (χ0) is 16.4. The number of aryl methyl sites for hydroxylation is 1. The Morgan fingerprint density at radius 3 is 2.86 bits per heavy atom. The van der Waals surface area contributed by atoms with Gasteiger partial charge >= 0.3 is 0 Å². The maximum absolute atomic E-state index is 10.5. The Hall–Kier alpha value is -1.40.